The van der Waals surface area contributed by atoms with Gasteiger partial charge in [0.15, 0.2) is 5.82 Å². The van der Waals surface area contributed by atoms with E-state index in [-0.39, 0.29) is 5.91 Å². The van der Waals surface area contributed by atoms with Crippen molar-refractivity contribution in [3.63, 3.8) is 0 Å². The van der Waals surface area contributed by atoms with Crippen LogP contribution in [0.5, 0.6) is 5.75 Å². The molecule has 2 rings (SSSR count). The number of hydrogen-bond acceptors (Lipinski definition) is 8. The fourth-order valence-electron chi connectivity index (χ4n) is 1.78. The summed E-state index contributed by atoms with van der Waals surface area (Å²) in [5.74, 6) is 1.85. The molecule has 1 atom stereocenters. The summed E-state index contributed by atoms with van der Waals surface area (Å²) < 4.78 is 5.61. The van der Waals surface area contributed by atoms with E-state index in [0.717, 1.165) is 11.3 Å². The summed E-state index contributed by atoms with van der Waals surface area (Å²) in [4.78, 5) is 11.5. The number of amides is 1. The van der Waals surface area contributed by atoms with Gasteiger partial charge in [-0.05, 0) is 37.6 Å². The summed E-state index contributed by atoms with van der Waals surface area (Å²) in [7, 11) is 0. The standard InChI is InChI=1S/C15H20N6O2S/c1-10-18-20-14(21-19-10)11-3-5-12(6-4-11)23-8-2-7-17-15(22)13(16)9-24/h3-6,13,24H,2,7-9,16H2,1H3,(H,17,22)/t13-/m0/s1. The zero-order chi connectivity index (χ0) is 17.4. The van der Waals surface area contributed by atoms with E-state index < -0.39 is 6.04 Å². The van der Waals surface area contributed by atoms with Gasteiger partial charge in [0.25, 0.3) is 0 Å². The van der Waals surface area contributed by atoms with Gasteiger partial charge in [0.05, 0.1) is 12.6 Å². The molecule has 0 bridgehead atoms. The second-order valence-electron chi connectivity index (χ2n) is 5.08. The normalized spacial score (nSPS) is 11.8. The van der Waals surface area contributed by atoms with Crippen LogP contribution in [-0.2, 0) is 4.79 Å². The van der Waals surface area contributed by atoms with Crippen LogP contribution < -0.4 is 15.8 Å². The summed E-state index contributed by atoms with van der Waals surface area (Å²) in [6.07, 6.45) is 0.682. The fourth-order valence-corrected chi connectivity index (χ4v) is 1.95. The number of carbonyl (C=O) groups is 1. The molecule has 0 saturated heterocycles. The predicted molar refractivity (Wildman–Crippen MR) is 92.7 cm³/mol. The number of nitrogens with one attached hydrogen (secondary N) is 1. The van der Waals surface area contributed by atoms with Crippen molar-refractivity contribution in [2.24, 2.45) is 5.73 Å². The van der Waals surface area contributed by atoms with Crippen LogP contribution in [0.1, 0.15) is 12.2 Å². The molecule has 128 valence electrons. The van der Waals surface area contributed by atoms with E-state index in [4.69, 9.17) is 10.5 Å². The molecule has 0 unspecified atom stereocenters. The molecule has 0 spiro atoms. The number of aromatic nitrogens is 4. The third kappa shape index (κ3) is 5.43. The Hall–Kier alpha value is -2.26. The molecular formula is C15H20N6O2S. The molecule has 0 aliphatic carbocycles. The maximum atomic E-state index is 11.5. The monoisotopic (exact) mass is 348 g/mol. The highest BCUT2D eigenvalue weighted by atomic mass is 32.1. The average Bonchev–Trinajstić information content (AvgIpc) is 2.61. The zero-order valence-electron chi connectivity index (χ0n) is 13.3. The summed E-state index contributed by atoms with van der Waals surface area (Å²) in [6.45, 7) is 2.72. The number of hydrogen-bond donors (Lipinski definition) is 3. The highest BCUT2D eigenvalue weighted by Gasteiger charge is 2.09. The summed E-state index contributed by atoms with van der Waals surface area (Å²) in [5.41, 5.74) is 6.37. The molecule has 0 fully saturated rings. The minimum absolute atomic E-state index is 0.199. The second kappa shape index (κ2) is 9.14. The molecule has 1 amide bonds. The second-order valence-corrected chi connectivity index (χ2v) is 5.44. The molecule has 0 aliphatic heterocycles. The van der Waals surface area contributed by atoms with Crippen molar-refractivity contribution in [1.82, 2.24) is 25.7 Å². The minimum atomic E-state index is -0.574. The molecule has 0 aliphatic rings. The van der Waals surface area contributed by atoms with Crippen LogP contribution in [0.15, 0.2) is 24.3 Å². The topological polar surface area (TPSA) is 116 Å². The third-order valence-corrected chi connectivity index (χ3v) is 3.51. The smallest absolute Gasteiger partial charge is 0.237 e. The lowest BCUT2D eigenvalue weighted by Crippen LogP contribution is -2.42. The lowest BCUT2D eigenvalue weighted by Gasteiger charge is -2.10. The third-order valence-electron chi connectivity index (χ3n) is 3.11. The van der Waals surface area contributed by atoms with Gasteiger partial charge >= 0.3 is 0 Å². The van der Waals surface area contributed by atoms with Crippen LogP contribution in [0.4, 0.5) is 0 Å². The lowest BCUT2D eigenvalue weighted by atomic mass is 10.2. The quantitative estimate of drug-likeness (QED) is 0.466. The number of nitrogens with zero attached hydrogens (tertiary/aromatic N) is 4. The van der Waals surface area contributed by atoms with Gasteiger partial charge in [0.2, 0.25) is 11.7 Å². The first-order chi connectivity index (χ1) is 11.6. The molecule has 1 heterocycles. The molecule has 2 aromatic rings. The van der Waals surface area contributed by atoms with Crippen molar-refractivity contribution >= 4 is 18.5 Å². The van der Waals surface area contributed by atoms with E-state index in [2.05, 4.69) is 38.3 Å². The molecule has 8 nitrogen and oxygen atoms in total. The SMILES string of the molecule is Cc1nnc(-c2ccc(OCCCNC(=O)[C@@H](N)CS)cc2)nn1. The van der Waals surface area contributed by atoms with E-state index in [1.165, 1.54) is 0 Å². The van der Waals surface area contributed by atoms with Gasteiger partial charge in [-0.15, -0.1) is 20.4 Å². The molecule has 3 N–H and O–H groups in total. The van der Waals surface area contributed by atoms with Gasteiger partial charge in [-0.3, -0.25) is 4.79 Å². The van der Waals surface area contributed by atoms with Gasteiger partial charge in [-0.2, -0.15) is 12.6 Å². The molecule has 9 heteroatoms. The van der Waals surface area contributed by atoms with E-state index in [1.54, 1.807) is 6.92 Å². The lowest BCUT2D eigenvalue weighted by molar-refractivity contribution is -0.121. The van der Waals surface area contributed by atoms with Gasteiger partial charge in [-0.25, -0.2) is 0 Å². The van der Waals surface area contributed by atoms with Crippen molar-refractivity contribution in [2.75, 3.05) is 18.9 Å². The van der Waals surface area contributed by atoms with Crippen molar-refractivity contribution in [1.29, 1.82) is 0 Å². The molecule has 24 heavy (non-hydrogen) atoms. The predicted octanol–water partition coefficient (Wildman–Crippen LogP) is 0.384. The maximum Gasteiger partial charge on any atom is 0.237 e. The van der Waals surface area contributed by atoms with E-state index in [1.807, 2.05) is 24.3 Å². The number of aryl methyl sites for hydroxylation is 1. The number of nitrogens with two attached hydrogens (primary N) is 1. The van der Waals surface area contributed by atoms with Crippen LogP contribution >= 0.6 is 12.6 Å². The number of rotatable bonds is 8. The highest BCUT2D eigenvalue weighted by molar-refractivity contribution is 7.80. The Balaban J connectivity index is 1.74. The van der Waals surface area contributed by atoms with Crippen molar-refractivity contribution in [3.8, 4) is 17.1 Å². The van der Waals surface area contributed by atoms with Gasteiger partial charge in [0.1, 0.15) is 5.75 Å². The minimum Gasteiger partial charge on any atom is -0.494 e. The van der Waals surface area contributed by atoms with Crippen molar-refractivity contribution < 1.29 is 9.53 Å². The van der Waals surface area contributed by atoms with Crippen LogP contribution in [-0.4, -0.2) is 51.2 Å². The summed E-state index contributed by atoms with van der Waals surface area (Å²) in [5, 5.41) is 18.5. The van der Waals surface area contributed by atoms with E-state index in [0.29, 0.717) is 37.0 Å². The van der Waals surface area contributed by atoms with Gasteiger partial charge in [0, 0.05) is 17.9 Å². The Morgan fingerprint density at radius 1 is 1.25 bits per heavy atom. The molecule has 1 aromatic carbocycles. The van der Waals surface area contributed by atoms with E-state index >= 15 is 0 Å². The molecule has 0 radical (unpaired) electrons. The Morgan fingerprint density at radius 2 is 1.92 bits per heavy atom. The Labute approximate surface area is 145 Å². The van der Waals surface area contributed by atoms with Crippen molar-refractivity contribution in [2.45, 2.75) is 19.4 Å². The molecular weight excluding hydrogens is 328 g/mol. The fraction of sp³-hybridized carbons (Fsp3) is 0.400. The van der Waals surface area contributed by atoms with Crippen LogP contribution in [0.2, 0.25) is 0 Å². The Bertz CT molecular complexity index is 650. The Morgan fingerprint density at radius 3 is 2.54 bits per heavy atom. The molecule has 1 aromatic heterocycles. The highest BCUT2D eigenvalue weighted by Crippen LogP contribution is 2.18. The van der Waals surface area contributed by atoms with Crippen LogP contribution in [0, 0.1) is 6.92 Å². The van der Waals surface area contributed by atoms with Gasteiger partial charge in [-0.1, -0.05) is 0 Å². The first-order valence-corrected chi connectivity index (χ1v) is 8.15. The molecule has 0 saturated carbocycles. The zero-order valence-corrected chi connectivity index (χ0v) is 14.2. The summed E-state index contributed by atoms with van der Waals surface area (Å²) in [6, 6.07) is 6.77. The van der Waals surface area contributed by atoms with Crippen LogP contribution in [0.25, 0.3) is 11.4 Å². The number of benzene rings is 1. The average molecular weight is 348 g/mol. The van der Waals surface area contributed by atoms with E-state index in [9.17, 15) is 4.79 Å². The number of ether oxygens (including phenoxy) is 1. The number of thiol groups is 1. The summed E-state index contributed by atoms with van der Waals surface area (Å²) >= 11 is 3.98. The van der Waals surface area contributed by atoms with Gasteiger partial charge < -0.3 is 15.8 Å². The largest absolute Gasteiger partial charge is 0.494 e. The maximum absolute atomic E-state index is 11.5. The first-order valence-electron chi connectivity index (χ1n) is 7.51. The first kappa shape index (κ1) is 18.1. The Kier molecular flexibility index (Phi) is 6.89. The van der Waals surface area contributed by atoms with Crippen molar-refractivity contribution in [3.05, 3.63) is 30.1 Å². The van der Waals surface area contributed by atoms with Crippen LogP contribution in [0.3, 0.4) is 0 Å². The number of carbonyl (C=O) groups excluding carboxylic acids is 1.